The summed E-state index contributed by atoms with van der Waals surface area (Å²) >= 11 is 0. The summed E-state index contributed by atoms with van der Waals surface area (Å²) in [6.07, 6.45) is 3.56. The highest BCUT2D eigenvalue weighted by Crippen LogP contribution is 2.14. The van der Waals surface area contributed by atoms with Gasteiger partial charge in [0, 0.05) is 13.2 Å². The fourth-order valence-corrected chi connectivity index (χ4v) is 1.55. The molecule has 1 fully saturated rings. The van der Waals surface area contributed by atoms with E-state index in [4.69, 9.17) is 4.74 Å². The Balaban J connectivity index is 2.16. The Morgan fingerprint density at radius 1 is 1.53 bits per heavy atom. The quantitative estimate of drug-likeness (QED) is 0.707. The zero-order valence-electron chi connectivity index (χ0n) is 9.93. The van der Waals surface area contributed by atoms with Crippen LogP contribution in [0, 0.1) is 0 Å². The molecule has 4 nitrogen and oxygen atoms in total. The van der Waals surface area contributed by atoms with Crippen molar-refractivity contribution in [3.63, 3.8) is 0 Å². The van der Waals surface area contributed by atoms with E-state index in [1.165, 1.54) is 0 Å². The van der Waals surface area contributed by atoms with E-state index in [2.05, 4.69) is 10.6 Å². The molecule has 1 aliphatic rings. The molecule has 1 atom stereocenters. The lowest BCUT2D eigenvalue weighted by Crippen LogP contribution is -2.51. The Labute approximate surface area is 91.8 Å². The number of hydrogen-bond acceptors (Lipinski definition) is 3. The molecule has 0 radical (unpaired) electrons. The molecule has 1 unspecified atom stereocenters. The van der Waals surface area contributed by atoms with Crippen LogP contribution in [0.4, 0.5) is 0 Å². The molecule has 1 rings (SSSR count). The lowest BCUT2D eigenvalue weighted by atomic mass is 10.1. The van der Waals surface area contributed by atoms with Crippen molar-refractivity contribution in [3.8, 4) is 0 Å². The smallest absolute Gasteiger partial charge is 0.239 e. The van der Waals surface area contributed by atoms with Crippen LogP contribution in [-0.4, -0.2) is 37.7 Å². The van der Waals surface area contributed by atoms with Crippen LogP contribution in [0.5, 0.6) is 0 Å². The number of carbonyl (C=O) groups is 1. The largest absolute Gasteiger partial charge is 0.378 e. The van der Waals surface area contributed by atoms with Gasteiger partial charge in [-0.05, 0) is 40.2 Å². The average molecular weight is 214 g/mol. The number of amides is 1. The van der Waals surface area contributed by atoms with Crippen LogP contribution in [0.1, 0.15) is 33.1 Å². The first kappa shape index (κ1) is 12.5. The molecule has 1 aliphatic heterocycles. The molecule has 0 saturated carbocycles. The van der Waals surface area contributed by atoms with Gasteiger partial charge in [0.1, 0.15) is 0 Å². The fourth-order valence-electron chi connectivity index (χ4n) is 1.55. The lowest BCUT2D eigenvalue weighted by molar-refractivity contribution is -0.126. The van der Waals surface area contributed by atoms with Gasteiger partial charge < -0.3 is 15.4 Å². The first-order valence-corrected chi connectivity index (χ1v) is 5.65. The maximum Gasteiger partial charge on any atom is 0.239 e. The Hall–Kier alpha value is -0.610. The highest BCUT2D eigenvalue weighted by atomic mass is 16.5. The molecule has 15 heavy (non-hydrogen) atoms. The topological polar surface area (TPSA) is 50.4 Å². The van der Waals surface area contributed by atoms with Gasteiger partial charge in [-0.3, -0.25) is 4.79 Å². The summed E-state index contributed by atoms with van der Waals surface area (Å²) in [6.45, 7) is 5.32. The Morgan fingerprint density at radius 3 is 2.80 bits per heavy atom. The van der Waals surface area contributed by atoms with Gasteiger partial charge >= 0.3 is 0 Å². The summed E-state index contributed by atoms with van der Waals surface area (Å²) in [5.74, 6) is 0.0444. The molecule has 0 bridgehead atoms. The number of likely N-dealkylation sites (N-methyl/N-ethyl adjacent to an activating group) is 1. The van der Waals surface area contributed by atoms with Gasteiger partial charge in [-0.2, -0.15) is 0 Å². The van der Waals surface area contributed by atoms with Gasteiger partial charge in [0.2, 0.25) is 5.91 Å². The molecule has 4 heteroatoms. The van der Waals surface area contributed by atoms with E-state index in [1.54, 1.807) is 7.05 Å². The molecule has 1 heterocycles. The summed E-state index contributed by atoms with van der Waals surface area (Å²) in [5, 5.41) is 5.90. The predicted octanol–water partition coefficient (Wildman–Crippen LogP) is 0.670. The molecule has 88 valence electrons. The second-order valence-corrected chi connectivity index (χ2v) is 4.55. The van der Waals surface area contributed by atoms with Crippen molar-refractivity contribution in [2.75, 3.05) is 20.2 Å². The minimum atomic E-state index is -0.490. The van der Waals surface area contributed by atoms with E-state index >= 15 is 0 Å². The zero-order chi connectivity index (χ0) is 11.3. The van der Waals surface area contributed by atoms with Crippen molar-refractivity contribution in [1.29, 1.82) is 0 Å². The van der Waals surface area contributed by atoms with Crippen molar-refractivity contribution in [3.05, 3.63) is 0 Å². The second-order valence-electron chi connectivity index (χ2n) is 4.55. The lowest BCUT2D eigenvalue weighted by Gasteiger charge is -2.23. The van der Waals surface area contributed by atoms with E-state index in [0.29, 0.717) is 12.6 Å². The number of hydrogen-bond donors (Lipinski definition) is 2. The molecule has 0 aliphatic carbocycles. The average Bonchev–Trinajstić information content (AvgIpc) is 2.70. The van der Waals surface area contributed by atoms with Crippen molar-refractivity contribution >= 4 is 5.91 Å². The highest BCUT2D eigenvalue weighted by Gasteiger charge is 2.25. The summed E-state index contributed by atoms with van der Waals surface area (Å²) in [4.78, 5) is 11.7. The third kappa shape index (κ3) is 3.80. The van der Waals surface area contributed by atoms with Crippen LogP contribution in [-0.2, 0) is 9.53 Å². The normalized spacial score (nSPS) is 21.7. The summed E-state index contributed by atoms with van der Waals surface area (Å²) in [5.41, 5.74) is -0.490. The van der Waals surface area contributed by atoms with Crippen LogP contribution >= 0.6 is 0 Å². The van der Waals surface area contributed by atoms with Gasteiger partial charge in [-0.1, -0.05) is 0 Å². The van der Waals surface area contributed by atoms with E-state index in [0.717, 1.165) is 25.9 Å². The Bertz CT molecular complexity index is 211. The highest BCUT2D eigenvalue weighted by molar-refractivity contribution is 5.85. The standard InChI is InChI=1S/C11H22N2O2/c1-11(2,12-3)10(14)13-7-6-9-5-4-8-15-9/h9,12H,4-8H2,1-3H3,(H,13,14). The number of carbonyl (C=O) groups excluding carboxylic acids is 1. The van der Waals surface area contributed by atoms with E-state index in [9.17, 15) is 4.79 Å². The summed E-state index contributed by atoms with van der Waals surface area (Å²) < 4.78 is 5.48. The number of nitrogens with one attached hydrogen (secondary N) is 2. The molecule has 0 aromatic heterocycles. The minimum Gasteiger partial charge on any atom is -0.378 e. The van der Waals surface area contributed by atoms with Crippen molar-refractivity contribution in [2.24, 2.45) is 0 Å². The van der Waals surface area contributed by atoms with Crippen LogP contribution in [0.25, 0.3) is 0 Å². The van der Waals surface area contributed by atoms with E-state index < -0.39 is 5.54 Å². The third-order valence-corrected chi connectivity index (χ3v) is 2.97. The van der Waals surface area contributed by atoms with Gasteiger partial charge in [0.25, 0.3) is 0 Å². The van der Waals surface area contributed by atoms with Gasteiger partial charge in [-0.15, -0.1) is 0 Å². The SMILES string of the molecule is CNC(C)(C)C(=O)NCCC1CCCO1. The molecule has 0 aromatic rings. The Morgan fingerprint density at radius 2 is 2.27 bits per heavy atom. The molecular weight excluding hydrogens is 192 g/mol. The monoisotopic (exact) mass is 214 g/mol. The van der Waals surface area contributed by atoms with E-state index in [-0.39, 0.29) is 5.91 Å². The third-order valence-electron chi connectivity index (χ3n) is 2.97. The first-order chi connectivity index (χ1) is 7.06. The Kier molecular flexibility index (Phi) is 4.54. The second kappa shape index (κ2) is 5.47. The molecule has 0 aromatic carbocycles. The molecule has 1 saturated heterocycles. The first-order valence-electron chi connectivity index (χ1n) is 5.65. The molecule has 0 spiro atoms. The molecule has 2 N–H and O–H groups in total. The zero-order valence-corrected chi connectivity index (χ0v) is 9.93. The van der Waals surface area contributed by atoms with Crippen LogP contribution < -0.4 is 10.6 Å². The maximum absolute atomic E-state index is 11.7. The van der Waals surface area contributed by atoms with E-state index in [1.807, 2.05) is 13.8 Å². The van der Waals surface area contributed by atoms with Crippen molar-refractivity contribution in [2.45, 2.75) is 44.8 Å². The maximum atomic E-state index is 11.7. The van der Waals surface area contributed by atoms with Crippen molar-refractivity contribution < 1.29 is 9.53 Å². The predicted molar refractivity (Wildman–Crippen MR) is 59.7 cm³/mol. The number of ether oxygens (including phenoxy) is 1. The van der Waals surface area contributed by atoms with Crippen molar-refractivity contribution in [1.82, 2.24) is 10.6 Å². The van der Waals surface area contributed by atoms with Gasteiger partial charge in [0.15, 0.2) is 0 Å². The van der Waals surface area contributed by atoms with Crippen LogP contribution in [0.3, 0.4) is 0 Å². The molecular formula is C11H22N2O2. The fraction of sp³-hybridized carbons (Fsp3) is 0.909. The van der Waals surface area contributed by atoms with Crippen LogP contribution in [0.15, 0.2) is 0 Å². The summed E-state index contributed by atoms with van der Waals surface area (Å²) in [7, 11) is 1.79. The molecule has 1 amide bonds. The summed E-state index contributed by atoms with van der Waals surface area (Å²) in [6, 6.07) is 0. The number of rotatable bonds is 5. The van der Waals surface area contributed by atoms with Crippen LogP contribution in [0.2, 0.25) is 0 Å². The minimum absolute atomic E-state index is 0.0444. The van der Waals surface area contributed by atoms with Gasteiger partial charge in [0.05, 0.1) is 11.6 Å². The van der Waals surface area contributed by atoms with Gasteiger partial charge in [-0.25, -0.2) is 0 Å².